The largest absolute Gasteiger partial charge is 0.299 e. The first kappa shape index (κ1) is 11.6. The molecule has 2 heteroatoms. The Bertz CT molecular complexity index is 282. The highest BCUT2D eigenvalue weighted by atomic mass is 127. The second-order valence-electron chi connectivity index (χ2n) is 4.82. The molecule has 1 unspecified atom stereocenters. The van der Waals surface area contributed by atoms with Crippen molar-refractivity contribution in [3.8, 4) is 0 Å². The Kier molecular flexibility index (Phi) is 3.86. The number of hydrogen-bond donors (Lipinski definition) is 0. The molecule has 0 heterocycles. The molecule has 0 aromatic carbocycles. The quantitative estimate of drug-likeness (QED) is 0.405. The van der Waals surface area contributed by atoms with Crippen molar-refractivity contribution < 1.29 is 4.79 Å². The molecule has 0 saturated heterocycles. The summed E-state index contributed by atoms with van der Waals surface area (Å²) in [5.41, 5.74) is 1.43. The maximum Gasteiger partial charge on any atom is 0.143 e. The van der Waals surface area contributed by atoms with Gasteiger partial charge in [-0.15, -0.1) is 0 Å². The van der Waals surface area contributed by atoms with Crippen LogP contribution in [-0.2, 0) is 4.79 Å². The van der Waals surface area contributed by atoms with Crippen LogP contribution in [-0.4, -0.2) is 10.2 Å². The summed E-state index contributed by atoms with van der Waals surface area (Å²) < 4.78 is 1.05. The highest BCUT2D eigenvalue weighted by molar-refractivity contribution is 14.1. The highest BCUT2D eigenvalue weighted by Crippen LogP contribution is 2.46. The van der Waals surface area contributed by atoms with Crippen LogP contribution in [0.4, 0.5) is 0 Å². The maximum atomic E-state index is 12.3. The van der Waals surface area contributed by atoms with Crippen LogP contribution in [0.1, 0.15) is 51.4 Å². The van der Waals surface area contributed by atoms with Crippen molar-refractivity contribution in [3.05, 3.63) is 11.6 Å². The summed E-state index contributed by atoms with van der Waals surface area (Å²) in [5.74, 6) is 0.544. The van der Waals surface area contributed by atoms with Gasteiger partial charge in [0.05, 0.1) is 5.41 Å². The van der Waals surface area contributed by atoms with Gasteiger partial charge in [0.15, 0.2) is 0 Å². The zero-order valence-corrected chi connectivity index (χ0v) is 11.4. The summed E-state index contributed by atoms with van der Waals surface area (Å²) in [6, 6.07) is 0. The van der Waals surface area contributed by atoms with Crippen molar-refractivity contribution in [2.24, 2.45) is 5.41 Å². The van der Waals surface area contributed by atoms with E-state index in [1.807, 2.05) is 0 Å². The van der Waals surface area contributed by atoms with Gasteiger partial charge in [-0.05, 0) is 32.1 Å². The van der Waals surface area contributed by atoms with E-state index in [1.54, 1.807) is 0 Å². The highest BCUT2D eigenvalue weighted by Gasteiger charge is 2.41. The maximum absolute atomic E-state index is 12.3. The molecule has 2 aliphatic carbocycles. The molecular formula is C13H19IO. The van der Waals surface area contributed by atoms with Gasteiger partial charge in [-0.25, -0.2) is 0 Å². The first-order valence-corrected chi connectivity index (χ1v) is 7.61. The van der Waals surface area contributed by atoms with Gasteiger partial charge < -0.3 is 0 Å². The summed E-state index contributed by atoms with van der Waals surface area (Å²) in [6.45, 7) is 0. The van der Waals surface area contributed by atoms with E-state index in [9.17, 15) is 4.79 Å². The Balaban J connectivity index is 2.31. The molecule has 1 atom stereocenters. The molecule has 2 rings (SSSR count). The lowest BCUT2D eigenvalue weighted by atomic mass is 9.67. The van der Waals surface area contributed by atoms with Crippen molar-refractivity contribution in [1.82, 2.24) is 0 Å². The van der Waals surface area contributed by atoms with Crippen molar-refractivity contribution in [3.63, 3.8) is 0 Å². The molecule has 0 bridgehead atoms. The predicted molar refractivity (Wildman–Crippen MR) is 71.3 cm³/mol. The molecule has 0 radical (unpaired) electrons. The smallest absolute Gasteiger partial charge is 0.143 e. The molecule has 1 saturated carbocycles. The first-order valence-electron chi connectivity index (χ1n) is 6.08. The molecule has 0 aromatic rings. The molecule has 0 N–H and O–H groups in total. The second kappa shape index (κ2) is 4.98. The van der Waals surface area contributed by atoms with Gasteiger partial charge in [0.2, 0.25) is 0 Å². The fourth-order valence-electron chi connectivity index (χ4n) is 3.09. The van der Waals surface area contributed by atoms with Gasteiger partial charge in [0.25, 0.3) is 0 Å². The SMILES string of the molecule is O=C1CCCCCC12CCCC=C2CI. The average molecular weight is 318 g/mol. The number of carbonyl (C=O) groups is 1. The van der Waals surface area contributed by atoms with Gasteiger partial charge in [-0.1, -0.05) is 47.1 Å². The lowest BCUT2D eigenvalue weighted by Crippen LogP contribution is -2.34. The third-order valence-corrected chi connectivity index (χ3v) is 4.82. The Labute approximate surface area is 106 Å². The number of alkyl halides is 1. The molecule has 0 amide bonds. The topological polar surface area (TPSA) is 17.1 Å². The van der Waals surface area contributed by atoms with Crippen LogP contribution in [0.3, 0.4) is 0 Å². The van der Waals surface area contributed by atoms with Crippen LogP contribution in [0.25, 0.3) is 0 Å². The van der Waals surface area contributed by atoms with E-state index in [-0.39, 0.29) is 5.41 Å². The van der Waals surface area contributed by atoms with Crippen LogP contribution in [0, 0.1) is 5.41 Å². The summed E-state index contributed by atoms with van der Waals surface area (Å²) in [4.78, 5) is 12.3. The first-order chi connectivity index (χ1) is 7.29. The number of allylic oxidation sites excluding steroid dienone is 2. The summed E-state index contributed by atoms with van der Waals surface area (Å²) in [5, 5.41) is 0. The van der Waals surface area contributed by atoms with Gasteiger partial charge >= 0.3 is 0 Å². The van der Waals surface area contributed by atoms with Crippen LogP contribution in [0.2, 0.25) is 0 Å². The Hall–Kier alpha value is 0.140. The normalized spacial score (nSPS) is 32.6. The third kappa shape index (κ3) is 2.15. The van der Waals surface area contributed by atoms with Crippen LogP contribution in [0.15, 0.2) is 11.6 Å². The molecule has 1 spiro atoms. The van der Waals surface area contributed by atoms with E-state index in [1.165, 1.54) is 31.3 Å². The number of carbonyl (C=O) groups excluding carboxylic acids is 1. The van der Waals surface area contributed by atoms with Crippen LogP contribution in [0.5, 0.6) is 0 Å². The number of ketones is 1. The number of rotatable bonds is 1. The second-order valence-corrected chi connectivity index (χ2v) is 5.58. The zero-order chi connectivity index (χ0) is 10.7. The standard InChI is InChI=1S/C13H19IO/c14-10-11-6-3-5-9-13(11)8-4-1-2-7-12(13)15/h6H,1-5,7-10H2. The molecule has 0 aliphatic heterocycles. The average Bonchev–Trinajstić information content (AvgIpc) is 2.44. The molecule has 2 aliphatic rings. The third-order valence-electron chi connectivity index (χ3n) is 4.00. The number of halogens is 1. The van der Waals surface area contributed by atoms with Crippen molar-refractivity contribution in [1.29, 1.82) is 0 Å². The van der Waals surface area contributed by atoms with E-state index in [4.69, 9.17) is 0 Å². The van der Waals surface area contributed by atoms with Crippen LogP contribution < -0.4 is 0 Å². The molecular weight excluding hydrogens is 299 g/mol. The monoisotopic (exact) mass is 318 g/mol. The minimum Gasteiger partial charge on any atom is -0.299 e. The molecule has 1 fully saturated rings. The predicted octanol–water partition coefficient (Wildman–Crippen LogP) is 4.05. The Morgan fingerprint density at radius 1 is 1.20 bits per heavy atom. The van der Waals surface area contributed by atoms with E-state index >= 15 is 0 Å². The van der Waals surface area contributed by atoms with Crippen molar-refractivity contribution in [2.45, 2.75) is 51.4 Å². The fraction of sp³-hybridized carbons (Fsp3) is 0.769. The van der Waals surface area contributed by atoms with Crippen molar-refractivity contribution in [2.75, 3.05) is 4.43 Å². The van der Waals surface area contributed by atoms with E-state index < -0.39 is 0 Å². The fourth-order valence-corrected chi connectivity index (χ4v) is 4.13. The summed E-state index contributed by atoms with van der Waals surface area (Å²) >= 11 is 2.42. The minimum atomic E-state index is -0.0179. The molecule has 15 heavy (non-hydrogen) atoms. The van der Waals surface area contributed by atoms with Gasteiger partial charge in [-0.2, -0.15) is 0 Å². The lowest BCUT2D eigenvalue weighted by molar-refractivity contribution is -0.127. The van der Waals surface area contributed by atoms with E-state index in [0.717, 1.165) is 30.1 Å². The van der Waals surface area contributed by atoms with E-state index in [0.29, 0.717) is 5.78 Å². The van der Waals surface area contributed by atoms with E-state index in [2.05, 4.69) is 28.7 Å². The van der Waals surface area contributed by atoms with Gasteiger partial charge in [-0.3, -0.25) is 4.79 Å². The molecule has 84 valence electrons. The minimum absolute atomic E-state index is 0.0179. The summed E-state index contributed by atoms with van der Waals surface area (Å²) in [7, 11) is 0. The Morgan fingerprint density at radius 3 is 2.80 bits per heavy atom. The number of Topliss-reactive ketones (excluding diaryl/α,β-unsaturated/α-hetero) is 1. The zero-order valence-electron chi connectivity index (χ0n) is 9.23. The van der Waals surface area contributed by atoms with Gasteiger partial charge in [0.1, 0.15) is 5.78 Å². The number of hydrogen-bond acceptors (Lipinski definition) is 1. The molecule has 1 nitrogen and oxygen atoms in total. The van der Waals surface area contributed by atoms with Crippen LogP contribution >= 0.6 is 22.6 Å². The van der Waals surface area contributed by atoms with Crippen molar-refractivity contribution >= 4 is 28.4 Å². The summed E-state index contributed by atoms with van der Waals surface area (Å²) in [6.07, 6.45) is 11.4. The lowest BCUT2D eigenvalue weighted by Gasteiger charge is -2.36. The Morgan fingerprint density at radius 2 is 2.00 bits per heavy atom. The van der Waals surface area contributed by atoms with Gasteiger partial charge in [0, 0.05) is 10.8 Å². The molecule has 0 aromatic heterocycles.